The van der Waals surface area contributed by atoms with Gasteiger partial charge in [-0.1, -0.05) is 13.3 Å². The molecule has 1 aromatic rings. The maximum absolute atomic E-state index is 12.2. The molecule has 0 saturated carbocycles. The summed E-state index contributed by atoms with van der Waals surface area (Å²) in [5.41, 5.74) is 1.67. The summed E-state index contributed by atoms with van der Waals surface area (Å²) in [6.07, 6.45) is 4.16. The molecule has 1 amide bonds. The molecule has 0 fully saturated rings. The molecule has 110 valence electrons. The molecule has 2 rings (SSSR count). The highest BCUT2D eigenvalue weighted by molar-refractivity contribution is 7.17. The SMILES string of the molecule is CCOC(=O)c1c(NC(C)=O)sc2c1CC[C@H](CC)C2. The fourth-order valence-corrected chi connectivity index (χ4v) is 4.07. The first kappa shape index (κ1) is 15.0. The molecule has 1 aliphatic carbocycles. The van der Waals surface area contributed by atoms with Gasteiger partial charge in [0.15, 0.2) is 0 Å². The molecule has 1 aliphatic rings. The largest absolute Gasteiger partial charge is 0.462 e. The third-order valence-corrected chi connectivity index (χ3v) is 4.88. The van der Waals surface area contributed by atoms with E-state index in [9.17, 15) is 9.59 Å². The van der Waals surface area contributed by atoms with Gasteiger partial charge in [0.2, 0.25) is 5.91 Å². The predicted molar refractivity (Wildman–Crippen MR) is 80.4 cm³/mol. The van der Waals surface area contributed by atoms with E-state index in [0.29, 0.717) is 23.1 Å². The number of esters is 1. The number of hydrogen-bond donors (Lipinski definition) is 1. The number of anilines is 1. The Kier molecular flexibility index (Phi) is 4.81. The van der Waals surface area contributed by atoms with E-state index in [4.69, 9.17) is 4.74 Å². The Bertz CT molecular complexity index is 521. The lowest BCUT2D eigenvalue weighted by atomic mass is 9.85. The normalized spacial score (nSPS) is 17.4. The zero-order chi connectivity index (χ0) is 14.7. The van der Waals surface area contributed by atoms with Crippen LogP contribution in [-0.2, 0) is 22.4 Å². The number of hydrogen-bond acceptors (Lipinski definition) is 4. The van der Waals surface area contributed by atoms with E-state index in [1.165, 1.54) is 23.1 Å². The monoisotopic (exact) mass is 295 g/mol. The Morgan fingerprint density at radius 2 is 2.15 bits per heavy atom. The fraction of sp³-hybridized carbons (Fsp3) is 0.600. The van der Waals surface area contributed by atoms with Crippen LogP contribution in [0.25, 0.3) is 0 Å². The minimum atomic E-state index is -0.316. The molecule has 0 aromatic carbocycles. The number of fused-ring (bicyclic) bond motifs is 1. The second-order valence-electron chi connectivity index (χ2n) is 5.13. The van der Waals surface area contributed by atoms with Gasteiger partial charge >= 0.3 is 5.97 Å². The van der Waals surface area contributed by atoms with E-state index in [1.54, 1.807) is 6.92 Å². The van der Waals surface area contributed by atoms with Gasteiger partial charge in [-0.2, -0.15) is 0 Å². The van der Waals surface area contributed by atoms with Crippen molar-refractivity contribution in [1.82, 2.24) is 0 Å². The Morgan fingerprint density at radius 1 is 1.40 bits per heavy atom. The minimum Gasteiger partial charge on any atom is -0.462 e. The Balaban J connectivity index is 2.38. The third kappa shape index (κ3) is 3.03. The molecule has 0 aliphatic heterocycles. The Labute approximate surface area is 123 Å². The van der Waals surface area contributed by atoms with Crippen LogP contribution in [0.15, 0.2) is 0 Å². The minimum absolute atomic E-state index is 0.152. The second kappa shape index (κ2) is 6.39. The number of carbonyl (C=O) groups is 2. The number of thiophene rings is 1. The highest BCUT2D eigenvalue weighted by Crippen LogP contribution is 2.40. The molecule has 1 atom stereocenters. The average molecular weight is 295 g/mol. The number of ether oxygens (including phenoxy) is 1. The van der Waals surface area contributed by atoms with Crippen molar-refractivity contribution in [1.29, 1.82) is 0 Å². The molecule has 1 N–H and O–H groups in total. The summed E-state index contributed by atoms with van der Waals surface area (Å²) in [6.45, 7) is 5.80. The second-order valence-corrected chi connectivity index (χ2v) is 6.23. The number of nitrogens with one attached hydrogen (secondary N) is 1. The lowest BCUT2D eigenvalue weighted by Gasteiger charge is -2.20. The van der Waals surface area contributed by atoms with Crippen molar-refractivity contribution in [2.75, 3.05) is 11.9 Å². The first-order valence-corrected chi connectivity index (χ1v) is 7.97. The highest BCUT2D eigenvalue weighted by Gasteiger charge is 2.29. The van der Waals surface area contributed by atoms with Crippen molar-refractivity contribution in [3.05, 3.63) is 16.0 Å². The van der Waals surface area contributed by atoms with Crippen LogP contribution in [0.1, 0.15) is 54.4 Å². The van der Waals surface area contributed by atoms with Gasteiger partial charge in [0.25, 0.3) is 0 Å². The highest BCUT2D eigenvalue weighted by atomic mass is 32.1. The average Bonchev–Trinajstić information content (AvgIpc) is 2.74. The van der Waals surface area contributed by atoms with Gasteiger partial charge in [0.05, 0.1) is 12.2 Å². The zero-order valence-corrected chi connectivity index (χ0v) is 13.1. The standard InChI is InChI=1S/C15H21NO3S/c1-4-10-6-7-11-12(8-10)20-14(16-9(3)17)13(11)15(18)19-5-2/h10H,4-8H2,1-3H3,(H,16,17)/t10-/m0/s1. The van der Waals surface area contributed by atoms with Crippen LogP contribution in [0.2, 0.25) is 0 Å². The van der Waals surface area contributed by atoms with Crippen molar-refractivity contribution >= 4 is 28.2 Å². The van der Waals surface area contributed by atoms with E-state index in [0.717, 1.165) is 31.2 Å². The molecule has 0 bridgehead atoms. The Morgan fingerprint density at radius 3 is 2.75 bits per heavy atom. The van der Waals surface area contributed by atoms with E-state index >= 15 is 0 Å². The van der Waals surface area contributed by atoms with Gasteiger partial charge in [-0.3, -0.25) is 4.79 Å². The van der Waals surface area contributed by atoms with Crippen molar-refractivity contribution in [3.8, 4) is 0 Å². The number of rotatable bonds is 4. The molecule has 20 heavy (non-hydrogen) atoms. The Hall–Kier alpha value is -1.36. The lowest BCUT2D eigenvalue weighted by molar-refractivity contribution is -0.114. The van der Waals surface area contributed by atoms with Crippen LogP contribution < -0.4 is 5.32 Å². The van der Waals surface area contributed by atoms with Gasteiger partial charge in [-0.05, 0) is 37.7 Å². The quantitative estimate of drug-likeness (QED) is 0.866. The third-order valence-electron chi connectivity index (χ3n) is 3.71. The van der Waals surface area contributed by atoms with Crippen LogP contribution in [0.3, 0.4) is 0 Å². The smallest absolute Gasteiger partial charge is 0.341 e. The summed E-state index contributed by atoms with van der Waals surface area (Å²) in [4.78, 5) is 24.7. The molecule has 0 unspecified atom stereocenters. The molecular formula is C15H21NO3S. The number of carbonyl (C=O) groups excluding carboxylic acids is 2. The van der Waals surface area contributed by atoms with Crippen LogP contribution in [-0.4, -0.2) is 18.5 Å². The number of amides is 1. The van der Waals surface area contributed by atoms with Crippen molar-refractivity contribution in [2.24, 2.45) is 5.92 Å². The molecule has 1 aromatic heterocycles. The topological polar surface area (TPSA) is 55.4 Å². The van der Waals surface area contributed by atoms with Gasteiger partial charge < -0.3 is 10.1 Å². The fourth-order valence-electron chi connectivity index (χ4n) is 2.67. The maximum Gasteiger partial charge on any atom is 0.341 e. The summed E-state index contributed by atoms with van der Waals surface area (Å²) in [6, 6.07) is 0. The molecule has 4 nitrogen and oxygen atoms in total. The van der Waals surface area contributed by atoms with Gasteiger partial charge in [0, 0.05) is 11.8 Å². The molecule has 1 heterocycles. The van der Waals surface area contributed by atoms with E-state index in [1.807, 2.05) is 0 Å². The van der Waals surface area contributed by atoms with Crippen molar-refractivity contribution < 1.29 is 14.3 Å². The van der Waals surface area contributed by atoms with E-state index in [2.05, 4.69) is 12.2 Å². The van der Waals surface area contributed by atoms with Gasteiger partial charge in [0.1, 0.15) is 5.00 Å². The van der Waals surface area contributed by atoms with E-state index < -0.39 is 0 Å². The maximum atomic E-state index is 12.2. The summed E-state index contributed by atoms with van der Waals surface area (Å²) in [5.74, 6) is 0.214. The first-order valence-electron chi connectivity index (χ1n) is 7.16. The lowest BCUT2D eigenvalue weighted by Crippen LogP contribution is -2.16. The molecule has 5 heteroatoms. The predicted octanol–water partition coefficient (Wildman–Crippen LogP) is 3.40. The van der Waals surface area contributed by atoms with Crippen LogP contribution in [0.5, 0.6) is 0 Å². The van der Waals surface area contributed by atoms with Gasteiger partial charge in [-0.25, -0.2) is 4.79 Å². The van der Waals surface area contributed by atoms with Crippen LogP contribution >= 0.6 is 11.3 Å². The van der Waals surface area contributed by atoms with Crippen molar-refractivity contribution in [3.63, 3.8) is 0 Å². The molecule has 0 saturated heterocycles. The summed E-state index contributed by atoms with van der Waals surface area (Å²) in [5, 5.41) is 3.43. The molecule has 0 spiro atoms. The van der Waals surface area contributed by atoms with Crippen LogP contribution in [0.4, 0.5) is 5.00 Å². The zero-order valence-electron chi connectivity index (χ0n) is 12.2. The van der Waals surface area contributed by atoms with Gasteiger partial charge in [-0.15, -0.1) is 11.3 Å². The molecule has 0 radical (unpaired) electrons. The van der Waals surface area contributed by atoms with Crippen molar-refractivity contribution in [2.45, 2.75) is 46.5 Å². The molecular weight excluding hydrogens is 274 g/mol. The summed E-state index contributed by atoms with van der Waals surface area (Å²) < 4.78 is 5.14. The van der Waals surface area contributed by atoms with E-state index in [-0.39, 0.29) is 11.9 Å². The summed E-state index contributed by atoms with van der Waals surface area (Å²) >= 11 is 1.53. The van der Waals surface area contributed by atoms with Crippen LogP contribution in [0, 0.1) is 5.92 Å². The summed E-state index contributed by atoms with van der Waals surface area (Å²) in [7, 11) is 0. The first-order chi connectivity index (χ1) is 9.56.